The Kier molecular flexibility index (Phi) is 7.48. The van der Waals surface area contributed by atoms with E-state index in [0.717, 1.165) is 12.8 Å². The summed E-state index contributed by atoms with van der Waals surface area (Å²) in [6, 6.07) is 0. The molecule has 0 spiro atoms. The van der Waals surface area contributed by atoms with E-state index in [1.54, 1.807) is 7.05 Å². The van der Waals surface area contributed by atoms with Gasteiger partial charge in [-0.3, -0.25) is 0 Å². The van der Waals surface area contributed by atoms with Crippen molar-refractivity contribution in [2.45, 2.75) is 19.3 Å². The fourth-order valence-corrected chi connectivity index (χ4v) is 1.96. The van der Waals surface area contributed by atoms with E-state index in [0.29, 0.717) is 19.5 Å². The molecule has 82 valence electrons. The van der Waals surface area contributed by atoms with Crippen LogP contribution in [0.3, 0.4) is 0 Å². The second-order valence-electron chi connectivity index (χ2n) is 2.98. The van der Waals surface area contributed by atoms with Gasteiger partial charge in [-0.05, 0) is 19.9 Å². The molecule has 0 atom stereocenters. The van der Waals surface area contributed by atoms with Gasteiger partial charge >= 0.3 is 0 Å². The fraction of sp³-hybridized carbons (Fsp3) is 0.778. The van der Waals surface area contributed by atoms with Crippen LogP contribution in [0.25, 0.3) is 0 Å². The number of unbranched alkanes of at least 4 members (excludes halogenated alkanes) is 2. The molecule has 0 heterocycles. The zero-order valence-corrected chi connectivity index (χ0v) is 9.36. The molecule has 14 heavy (non-hydrogen) atoms. The molecule has 0 aliphatic heterocycles. The summed E-state index contributed by atoms with van der Waals surface area (Å²) >= 11 is 0. The van der Waals surface area contributed by atoms with Gasteiger partial charge in [0.2, 0.25) is 10.0 Å². The lowest BCUT2D eigenvalue weighted by atomic mass is 10.2. The topological polar surface area (TPSA) is 58.2 Å². The van der Waals surface area contributed by atoms with Crippen molar-refractivity contribution in [1.82, 2.24) is 10.0 Å². The van der Waals surface area contributed by atoms with Crippen molar-refractivity contribution < 1.29 is 8.42 Å². The number of nitrogens with one attached hydrogen (secondary N) is 2. The summed E-state index contributed by atoms with van der Waals surface area (Å²) in [6.45, 7) is 0.952. The molecule has 0 aliphatic rings. The minimum Gasteiger partial charge on any atom is -0.319 e. The minimum absolute atomic E-state index is 0.124. The van der Waals surface area contributed by atoms with E-state index in [1.807, 2.05) is 0 Å². The smallest absolute Gasteiger partial charge is 0.212 e. The van der Waals surface area contributed by atoms with Crippen LogP contribution in [0.2, 0.25) is 0 Å². The molecule has 2 N–H and O–H groups in total. The maximum absolute atomic E-state index is 11.2. The summed E-state index contributed by atoms with van der Waals surface area (Å²) in [4.78, 5) is 0. The van der Waals surface area contributed by atoms with Gasteiger partial charge in [0.1, 0.15) is 0 Å². The molecular weight excluding hydrogens is 200 g/mol. The van der Waals surface area contributed by atoms with Gasteiger partial charge in [-0.1, -0.05) is 0 Å². The average molecular weight is 218 g/mol. The van der Waals surface area contributed by atoms with Gasteiger partial charge in [-0.25, -0.2) is 13.1 Å². The monoisotopic (exact) mass is 218 g/mol. The van der Waals surface area contributed by atoms with Gasteiger partial charge in [-0.2, -0.15) is 0 Å². The van der Waals surface area contributed by atoms with Crippen LogP contribution >= 0.6 is 0 Å². The van der Waals surface area contributed by atoms with Crippen LogP contribution in [-0.4, -0.2) is 34.3 Å². The SMILES string of the molecule is C#CCCCCNS(=O)(=O)CCNC. The maximum atomic E-state index is 11.2. The highest BCUT2D eigenvalue weighted by atomic mass is 32.2. The highest BCUT2D eigenvalue weighted by Gasteiger charge is 2.07. The van der Waals surface area contributed by atoms with Gasteiger partial charge < -0.3 is 5.32 Å². The molecule has 0 saturated carbocycles. The molecule has 0 amide bonds. The van der Waals surface area contributed by atoms with Gasteiger partial charge in [0.15, 0.2) is 0 Å². The summed E-state index contributed by atoms with van der Waals surface area (Å²) in [6.07, 6.45) is 7.43. The molecular formula is C9H18N2O2S. The molecule has 0 fully saturated rings. The lowest BCUT2D eigenvalue weighted by molar-refractivity contribution is 0.575. The summed E-state index contributed by atoms with van der Waals surface area (Å²) < 4.78 is 25.0. The summed E-state index contributed by atoms with van der Waals surface area (Å²) in [7, 11) is -1.37. The first-order valence-corrected chi connectivity index (χ1v) is 6.33. The lowest BCUT2D eigenvalue weighted by Crippen LogP contribution is -2.31. The van der Waals surface area contributed by atoms with Crippen molar-refractivity contribution in [2.75, 3.05) is 25.9 Å². The fourth-order valence-electron chi connectivity index (χ4n) is 0.888. The van der Waals surface area contributed by atoms with E-state index in [2.05, 4.69) is 16.0 Å². The Morgan fingerprint density at radius 1 is 1.29 bits per heavy atom. The maximum Gasteiger partial charge on any atom is 0.212 e. The highest BCUT2D eigenvalue weighted by Crippen LogP contribution is 1.92. The van der Waals surface area contributed by atoms with E-state index in [9.17, 15) is 8.42 Å². The standard InChI is InChI=1S/C9H18N2O2S/c1-3-4-5-6-7-11-14(12,13)9-8-10-2/h1,10-11H,4-9H2,2H3. The van der Waals surface area contributed by atoms with Crippen LogP contribution in [0.4, 0.5) is 0 Å². The van der Waals surface area contributed by atoms with Gasteiger partial charge in [-0.15, -0.1) is 12.3 Å². The molecule has 0 aromatic heterocycles. The van der Waals surface area contributed by atoms with E-state index in [1.165, 1.54) is 0 Å². The van der Waals surface area contributed by atoms with Crippen molar-refractivity contribution >= 4 is 10.0 Å². The van der Waals surface area contributed by atoms with Crippen molar-refractivity contribution in [3.8, 4) is 12.3 Å². The number of sulfonamides is 1. The van der Waals surface area contributed by atoms with Gasteiger partial charge in [0, 0.05) is 19.5 Å². The molecule has 0 unspecified atom stereocenters. The lowest BCUT2D eigenvalue weighted by Gasteiger charge is -2.05. The third-order valence-corrected chi connectivity index (χ3v) is 3.08. The second kappa shape index (κ2) is 7.80. The third-order valence-electron chi connectivity index (χ3n) is 1.69. The van der Waals surface area contributed by atoms with E-state index >= 15 is 0 Å². The molecule has 0 aliphatic carbocycles. The molecule has 0 saturated heterocycles. The van der Waals surface area contributed by atoms with Crippen LogP contribution < -0.4 is 10.0 Å². The normalized spacial score (nSPS) is 11.1. The Morgan fingerprint density at radius 2 is 2.00 bits per heavy atom. The Morgan fingerprint density at radius 3 is 2.57 bits per heavy atom. The van der Waals surface area contributed by atoms with Crippen LogP contribution in [0.1, 0.15) is 19.3 Å². The third kappa shape index (κ3) is 8.05. The minimum atomic E-state index is -3.10. The van der Waals surface area contributed by atoms with Gasteiger partial charge in [0.25, 0.3) is 0 Å². The molecule has 0 radical (unpaired) electrons. The Balaban J connectivity index is 3.52. The van der Waals surface area contributed by atoms with Crippen LogP contribution in [0.15, 0.2) is 0 Å². The van der Waals surface area contributed by atoms with Crippen LogP contribution in [0, 0.1) is 12.3 Å². The Bertz CT molecular complexity index is 267. The van der Waals surface area contributed by atoms with Crippen molar-refractivity contribution in [1.29, 1.82) is 0 Å². The first-order valence-electron chi connectivity index (χ1n) is 4.68. The molecule has 0 rings (SSSR count). The summed E-state index contributed by atoms with van der Waals surface area (Å²) in [5.74, 6) is 2.64. The molecule has 0 bridgehead atoms. The number of hydrogen-bond acceptors (Lipinski definition) is 3. The largest absolute Gasteiger partial charge is 0.319 e. The molecule has 0 aromatic carbocycles. The van der Waals surface area contributed by atoms with E-state index in [-0.39, 0.29) is 5.75 Å². The molecule has 0 aromatic rings. The van der Waals surface area contributed by atoms with Crippen molar-refractivity contribution in [2.24, 2.45) is 0 Å². The molecule has 5 heteroatoms. The number of hydrogen-bond donors (Lipinski definition) is 2. The second-order valence-corrected chi connectivity index (χ2v) is 4.90. The number of terminal acetylenes is 1. The van der Waals surface area contributed by atoms with Gasteiger partial charge in [0.05, 0.1) is 5.75 Å². The van der Waals surface area contributed by atoms with Crippen LogP contribution in [0.5, 0.6) is 0 Å². The Labute approximate surface area is 86.5 Å². The average Bonchev–Trinajstić information content (AvgIpc) is 2.15. The predicted molar refractivity (Wildman–Crippen MR) is 58.4 cm³/mol. The van der Waals surface area contributed by atoms with Crippen molar-refractivity contribution in [3.05, 3.63) is 0 Å². The first-order chi connectivity index (χ1) is 6.62. The zero-order chi connectivity index (χ0) is 10.9. The zero-order valence-electron chi connectivity index (χ0n) is 8.54. The quantitative estimate of drug-likeness (QED) is 0.443. The number of rotatable bonds is 8. The summed E-state index contributed by atoms with van der Waals surface area (Å²) in [5.41, 5.74) is 0. The molecule has 4 nitrogen and oxygen atoms in total. The predicted octanol–water partition coefficient (Wildman–Crippen LogP) is -0.0713. The summed E-state index contributed by atoms with van der Waals surface area (Å²) in [5, 5.41) is 2.79. The van der Waals surface area contributed by atoms with E-state index in [4.69, 9.17) is 6.42 Å². The van der Waals surface area contributed by atoms with Crippen LogP contribution in [-0.2, 0) is 10.0 Å². The first kappa shape index (κ1) is 13.4. The van der Waals surface area contributed by atoms with Crippen molar-refractivity contribution in [3.63, 3.8) is 0 Å². The van der Waals surface area contributed by atoms with E-state index < -0.39 is 10.0 Å². The highest BCUT2D eigenvalue weighted by molar-refractivity contribution is 7.89. The Hall–Kier alpha value is -0.570.